The van der Waals surface area contributed by atoms with Crippen LogP contribution in [0.2, 0.25) is 0 Å². The molecule has 0 aromatic rings. The molecule has 4 rings (SSSR count). The lowest BCUT2D eigenvalue weighted by molar-refractivity contribution is -0.156. The summed E-state index contributed by atoms with van der Waals surface area (Å²) in [7, 11) is 0. The van der Waals surface area contributed by atoms with Crippen molar-refractivity contribution in [2.75, 3.05) is 0 Å². The molecule has 0 spiro atoms. The van der Waals surface area contributed by atoms with Crippen molar-refractivity contribution in [2.45, 2.75) is 116 Å². The summed E-state index contributed by atoms with van der Waals surface area (Å²) in [4.78, 5) is 12.5. The summed E-state index contributed by atoms with van der Waals surface area (Å²) >= 11 is 0. The Kier molecular flexibility index (Phi) is 6.21. The summed E-state index contributed by atoms with van der Waals surface area (Å²) in [5.41, 5.74) is -0.914. The third kappa shape index (κ3) is 3.33. The van der Waals surface area contributed by atoms with Gasteiger partial charge in [0.2, 0.25) is 0 Å². The molecule has 3 unspecified atom stereocenters. The monoisotopic (exact) mass is 418 g/mol. The van der Waals surface area contributed by atoms with Crippen LogP contribution >= 0.6 is 0 Å². The fourth-order valence-electron chi connectivity index (χ4n) is 9.09. The van der Waals surface area contributed by atoms with Crippen molar-refractivity contribution in [1.82, 2.24) is 0 Å². The third-order valence-electron chi connectivity index (χ3n) is 10.8. The van der Waals surface area contributed by atoms with Gasteiger partial charge in [0.05, 0.1) is 11.7 Å². The largest absolute Gasteiger partial charge is 0.393 e. The minimum Gasteiger partial charge on any atom is -0.393 e. The Hall–Kier alpha value is -0.410. The minimum absolute atomic E-state index is 0.214. The number of aliphatic hydroxyl groups is 2. The Balaban J connectivity index is 1.59. The standard InChI is InChI=1S/C27H46O3/c1-18(2)8-5-6-9-19-10-7-11-21-24-22(13-14-25(19,21)3)26(4)15-12-20(29)16-27(26,30)23(24)17-28/h17-24,29-30H,5-16H2,1-4H3/t19-,20-,21?,22?,23+,24?,25+,26+,27+/m0/s1. The molecule has 4 aliphatic rings. The Labute approximate surface area is 184 Å². The molecule has 30 heavy (non-hydrogen) atoms. The lowest BCUT2D eigenvalue weighted by Crippen LogP contribution is -2.54. The number of aldehydes is 1. The molecule has 0 radical (unpaired) electrons. The predicted octanol–water partition coefficient (Wildman–Crippen LogP) is 5.76. The highest BCUT2D eigenvalue weighted by Crippen LogP contribution is 2.71. The van der Waals surface area contributed by atoms with Crippen molar-refractivity contribution in [3.8, 4) is 0 Å². The van der Waals surface area contributed by atoms with Crippen molar-refractivity contribution < 1.29 is 15.0 Å². The van der Waals surface area contributed by atoms with Gasteiger partial charge in [0, 0.05) is 17.8 Å². The number of carbonyl (C=O) groups is 1. The second kappa shape index (κ2) is 8.18. The molecule has 0 aromatic heterocycles. The van der Waals surface area contributed by atoms with Crippen LogP contribution in [0.15, 0.2) is 0 Å². The average Bonchev–Trinajstić information content (AvgIpc) is 2.88. The molecule has 4 aliphatic carbocycles. The average molecular weight is 419 g/mol. The van der Waals surface area contributed by atoms with E-state index in [2.05, 4.69) is 27.7 Å². The molecule has 0 amide bonds. The maximum Gasteiger partial charge on any atom is 0.126 e. The molecule has 4 saturated carbocycles. The smallest absolute Gasteiger partial charge is 0.126 e. The number of aliphatic hydroxyl groups excluding tert-OH is 1. The second-order valence-corrected chi connectivity index (χ2v) is 12.5. The van der Waals surface area contributed by atoms with Crippen molar-refractivity contribution in [1.29, 1.82) is 0 Å². The van der Waals surface area contributed by atoms with E-state index in [0.29, 0.717) is 29.6 Å². The zero-order chi connectivity index (χ0) is 21.7. The van der Waals surface area contributed by atoms with Crippen LogP contribution in [0.4, 0.5) is 0 Å². The normalized spacial score (nSPS) is 50.6. The van der Waals surface area contributed by atoms with Gasteiger partial charge in [-0.15, -0.1) is 0 Å². The van der Waals surface area contributed by atoms with Gasteiger partial charge in [-0.25, -0.2) is 0 Å². The van der Waals surface area contributed by atoms with E-state index in [4.69, 9.17) is 0 Å². The summed E-state index contributed by atoms with van der Waals surface area (Å²) in [6.07, 6.45) is 14.3. The minimum atomic E-state index is -1.02. The molecule has 9 atom stereocenters. The van der Waals surface area contributed by atoms with E-state index < -0.39 is 11.7 Å². The van der Waals surface area contributed by atoms with Gasteiger partial charge >= 0.3 is 0 Å². The highest BCUT2D eigenvalue weighted by molar-refractivity contribution is 5.59. The first-order valence-corrected chi connectivity index (χ1v) is 13.0. The van der Waals surface area contributed by atoms with E-state index in [1.54, 1.807) is 0 Å². The maximum atomic E-state index is 12.5. The number of unbranched alkanes of at least 4 members (excludes halogenated alkanes) is 1. The molecule has 0 heterocycles. The maximum absolute atomic E-state index is 12.5. The van der Waals surface area contributed by atoms with Crippen LogP contribution in [0.5, 0.6) is 0 Å². The first-order valence-electron chi connectivity index (χ1n) is 13.0. The second-order valence-electron chi connectivity index (χ2n) is 12.5. The topological polar surface area (TPSA) is 57.5 Å². The van der Waals surface area contributed by atoms with E-state index in [1.165, 1.54) is 51.4 Å². The molecule has 3 nitrogen and oxygen atoms in total. The number of rotatable bonds is 6. The summed E-state index contributed by atoms with van der Waals surface area (Å²) in [5, 5.41) is 22.3. The van der Waals surface area contributed by atoms with Crippen molar-refractivity contribution in [2.24, 2.45) is 46.3 Å². The summed E-state index contributed by atoms with van der Waals surface area (Å²) in [5.74, 6) is 2.56. The van der Waals surface area contributed by atoms with Gasteiger partial charge in [-0.05, 0) is 80.0 Å². The van der Waals surface area contributed by atoms with Crippen LogP contribution in [-0.4, -0.2) is 28.2 Å². The number of fused-ring (bicyclic) bond motifs is 5. The Bertz CT molecular complexity index is 632. The Morgan fingerprint density at radius 1 is 1.03 bits per heavy atom. The number of hydrogen-bond donors (Lipinski definition) is 2. The van der Waals surface area contributed by atoms with Gasteiger partial charge in [-0.3, -0.25) is 0 Å². The van der Waals surface area contributed by atoms with Gasteiger partial charge in [0.1, 0.15) is 6.29 Å². The third-order valence-corrected chi connectivity index (χ3v) is 10.8. The molecule has 0 saturated heterocycles. The molecular weight excluding hydrogens is 372 g/mol. The summed E-state index contributed by atoms with van der Waals surface area (Å²) < 4.78 is 0. The van der Waals surface area contributed by atoms with E-state index >= 15 is 0 Å². The van der Waals surface area contributed by atoms with E-state index in [0.717, 1.165) is 37.4 Å². The van der Waals surface area contributed by atoms with Crippen LogP contribution in [-0.2, 0) is 4.79 Å². The molecule has 4 fully saturated rings. The highest BCUT2D eigenvalue weighted by atomic mass is 16.3. The van der Waals surface area contributed by atoms with Crippen LogP contribution in [0.1, 0.15) is 105 Å². The molecular formula is C27H46O3. The molecule has 2 N–H and O–H groups in total. The first kappa shape index (κ1) is 22.8. The predicted molar refractivity (Wildman–Crippen MR) is 121 cm³/mol. The molecule has 0 bridgehead atoms. The molecule has 172 valence electrons. The quantitative estimate of drug-likeness (QED) is 0.426. The lowest BCUT2D eigenvalue weighted by atomic mass is 9.48. The zero-order valence-electron chi connectivity index (χ0n) is 19.9. The highest BCUT2D eigenvalue weighted by Gasteiger charge is 2.71. The molecule has 0 aliphatic heterocycles. The van der Waals surface area contributed by atoms with Crippen LogP contribution in [0.25, 0.3) is 0 Å². The van der Waals surface area contributed by atoms with Crippen molar-refractivity contribution in [3.63, 3.8) is 0 Å². The number of carbonyl (C=O) groups excluding carboxylic acids is 1. The van der Waals surface area contributed by atoms with Crippen LogP contribution in [0, 0.1) is 46.3 Å². The van der Waals surface area contributed by atoms with Gasteiger partial charge in [0.25, 0.3) is 0 Å². The fraction of sp³-hybridized carbons (Fsp3) is 0.963. The summed E-state index contributed by atoms with van der Waals surface area (Å²) in [6.45, 7) is 9.42. The van der Waals surface area contributed by atoms with Gasteiger partial charge < -0.3 is 15.0 Å². The van der Waals surface area contributed by atoms with E-state index in [9.17, 15) is 15.0 Å². The van der Waals surface area contributed by atoms with Crippen LogP contribution in [0.3, 0.4) is 0 Å². The fourth-order valence-corrected chi connectivity index (χ4v) is 9.09. The lowest BCUT2D eigenvalue weighted by Gasteiger charge is -2.57. The Morgan fingerprint density at radius 2 is 1.80 bits per heavy atom. The molecule has 0 aromatic carbocycles. The van der Waals surface area contributed by atoms with Crippen molar-refractivity contribution >= 4 is 6.29 Å². The number of hydrogen-bond acceptors (Lipinski definition) is 3. The SMILES string of the molecule is CC(C)CCCC[C@H]1CCCC2C3C(CC[C@@]21C)[C@@]1(C)CC[C@H](O)C[C@@]1(O)[C@@H]3C=O. The van der Waals surface area contributed by atoms with Gasteiger partial charge in [0.15, 0.2) is 0 Å². The van der Waals surface area contributed by atoms with Crippen LogP contribution < -0.4 is 0 Å². The first-order chi connectivity index (χ1) is 14.2. The van der Waals surface area contributed by atoms with Gasteiger partial charge in [-0.2, -0.15) is 0 Å². The zero-order valence-corrected chi connectivity index (χ0v) is 19.9. The summed E-state index contributed by atoms with van der Waals surface area (Å²) in [6, 6.07) is 0. The van der Waals surface area contributed by atoms with E-state index in [1.807, 2.05) is 0 Å². The van der Waals surface area contributed by atoms with Gasteiger partial charge in [-0.1, -0.05) is 53.4 Å². The van der Waals surface area contributed by atoms with Crippen molar-refractivity contribution in [3.05, 3.63) is 0 Å². The van der Waals surface area contributed by atoms with E-state index in [-0.39, 0.29) is 11.3 Å². The Morgan fingerprint density at radius 3 is 2.50 bits per heavy atom. The molecule has 3 heteroatoms.